The number of likely N-dealkylation sites (tertiary alicyclic amines) is 1. The van der Waals surface area contributed by atoms with Gasteiger partial charge in [0.15, 0.2) is 0 Å². The SMILES string of the molecule is Cc1c(CN2CCC3(CC2)CN(c2ncnc4ccc(CC(F)(F)F)cc24)C3)ccc2c1cc(C#N)n2C[C@@H](C)N1CCN(S(C)(=O)=O)[C@@H](C)C1. The summed E-state index contributed by atoms with van der Waals surface area (Å²) in [7, 11) is -3.24. The third-order valence-electron chi connectivity index (χ3n) is 11.4. The minimum Gasteiger partial charge on any atom is -0.355 e. The number of aryl methyl sites for hydroxylation is 1. The maximum atomic E-state index is 13.1. The molecule has 14 heteroatoms. The largest absolute Gasteiger partial charge is 0.393 e. The number of nitriles is 1. The molecule has 2 aromatic heterocycles. The molecule has 4 aromatic rings. The van der Waals surface area contributed by atoms with Gasteiger partial charge in [-0.3, -0.25) is 9.80 Å². The van der Waals surface area contributed by atoms with E-state index in [9.17, 15) is 26.9 Å². The number of anilines is 1. The van der Waals surface area contributed by atoms with Crippen LogP contribution in [0.25, 0.3) is 21.8 Å². The van der Waals surface area contributed by atoms with Gasteiger partial charge >= 0.3 is 6.18 Å². The topological polar surface area (TPSA) is 102 Å². The monoisotopic (exact) mass is 722 g/mol. The lowest BCUT2D eigenvalue weighted by Crippen LogP contribution is -2.60. The van der Waals surface area contributed by atoms with Gasteiger partial charge in [-0.05, 0) is 87.7 Å². The number of alkyl halides is 3. The Morgan fingerprint density at radius 1 is 1.04 bits per heavy atom. The fraction of sp³-hybridized carbons (Fsp3) is 0.541. The molecule has 0 radical (unpaired) electrons. The van der Waals surface area contributed by atoms with Gasteiger partial charge in [0.1, 0.15) is 23.9 Å². The van der Waals surface area contributed by atoms with Gasteiger partial charge in [-0.15, -0.1) is 0 Å². The molecule has 51 heavy (non-hydrogen) atoms. The highest BCUT2D eigenvalue weighted by Gasteiger charge is 2.46. The summed E-state index contributed by atoms with van der Waals surface area (Å²) in [6, 6.07) is 13.5. The second-order valence-electron chi connectivity index (χ2n) is 15.1. The van der Waals surface area contributed by atoms with Crippen LogP contribution in [0.15, 0.2) is 42.7 Å². The highest BCUT2D eigenvalue weighted by Crippen LogP contribution is 2.44. The van der Waals surface area contributed by atoms with Crippen molar-refractivity contribution in [1.29, 1.82) is 5.26 Å². The second-order valence-corrected chi connectivity index (χ2v) is 17.0. The Hall–Kier alpha value is -3.77. The highest BCUT2D eigenvalue weighted by atomic mass is 32.2. The summed E-state index contributed by atoms with van der Waals surface area (Å²) in [4.78, 5) is 15.8. The molecule has 3 aliphatic heterocycles. The fourth-order valence-electron chi connectivity index (χ4n) is 8.56. The number of hydrogen-bond acceptors (Lipinski definition) is 8. The van der Waals surface area contributed by atoms with Gasteiger partial charge in [-0.1, -0.05) is 12.1 Å². The number of piperazine rings is 1. The van der Waals surface area contributed by atoms with E-state index in [0.29, 0.717) is 48.6 Å². The lowest BCUT2D eigenvalue weighted by molar-refractivity contribution is -0.127. The van der Waals surface area contributed by atoms with E-state index in [-0.39, 0.29) is 23.1 Å². The van der Waals surface area contributed by atoms with Crippen LogP contribution in [0.4, 0.5) is 19.0 Å². The van der Waals surface area contributed by atoms with Gasteiger partial charge in [0.25, 0.3) is 0 Å². The zero-order chi connectivity index (χ0) is 36.3. The molecule has 272 valence electrons. The molecule has 0 saturated carbocycles. The van der Waals surface area contributed by atoms with E-state index in [4.69, 9.17) is 0 Å². The van der Waals surface area contributed by atoms with E-state index < -0.39 is 22.6 Å². The lowest BCUT2D eigenvalue weighted by Gasteiger charge is -2.54. The van der Waals surface area contributed by atoms with Crippen molar-refractivity contribution in [3.05, 3.63) is 65.1 Å². The number of rotatable bonds is 8. The first-order chi connectivity index (χ1) is 24.1. The zero-order valence-electron chi connectivity index (χ0n) is 29.6. The normalized spacial score (nSPS) is 21.3. The molecule has 0 amide bonds. The van der Waals surface area contributed by atoms with Crippen LogP contribution in [0.5, 0.6) is 0 Å². The molecule has 5 heterocycles. The first kappa shape index (κ1) is 35.6. The molecule has 3 aliphatic rings. The van der Waals surface area contributed by atoms with E-state index >= 15 is 0 Å². The molecule has 3 fully saturated rings. The Kier molecular flexibility index (Phi) is 9.31. The van der Waals surface area contributed by atoms with Gasteiger partial charge in [-0.25, -0.2) is 18.4 Å². The van der Waals surface area contributed by atoms with Crippen molar-refractivity contribution in [1.82, 2.24) is 28.6 Å². The smallest absolute Gasteiger partial charge is 0.355 e. The molecule has 0 N–H and O–H groups in total. The minimum atomic E-state index is -4.27. The first-order valence-corrected chi connectivity index (χ1v) is 19.5. The molecule has 3 saturated heterocycles. The summed E-state index contributed by atoms with van der Waals surface area (Å²) in [5, 5.41) is 11.8. The van der Waals surface area contributed by atoms with E-state index in [0.717, 1.165) is 56.5 Å². The number of sulfonamides is 1. The summed E-state index contributed by atoms with van der Waals surface area (Å²) in [5.74, 6) is 0.711. The van der Waals surface area contributed by atoms with Gasteiger partial charge in [0.05, 0.1) is 18.2 Å². The standard InChI is InChI=1S/C37H45F3N8O2S/c1-25(45-13-14-48(26(2)19-45)51(4,49)50)20-47-30(18-41)16-31-27(3)29(6-8-34(31)47)21-44-11-9-36(10-12-44)22-46(23-36)35-32-15-28(17-37(38,39)40)5-7-33(32)42-24-43-35/h5-8,15-16,24-26H,9-14,17,19-23H2,1-4H3/t25-,26+/m1/s1. The molecule has 1 spiro atoms. The van der Waals surface area contributed by atoms with Crippen LogP contribution >= 0.6 is 0 Å². The van der Waals surface area contributed by atoms with Crippen molar-refractivity contribution in [3.8, 4) is 6.07 Å². The number of benzene rings is 2. The molecule has 2 aromatic carbocycles. The van der Waals surface area contributed by atoms with Crippen molar-refractivity contribution in [2.24, 2.45) is 5.41 Å². The number of fused-ring (bicyclic) bond motifs is 2. The zero-order valence-corrected chi connectivity index (χ0v) is 30.4. The van der Waals surface area contributed by atoms with Crippen molar-refractivity contribution in [3.63, 3.8) is 0 Å². The number of nitrogens with zero attached hydrogens (tertiary/aromatic N) is 8. The maximum Gasteiger partial charge on any atom is 0.393 e. The molecule has 2 atom stereocenters. The lowest BCUT2D eigenvalue weighted by atomic mass is 9.72. The van der Waals surface area contributed by atoms with Gasteiger partial charge < -0.3 is 9.47 Å². The third kappa shape index (κ3) is 7.18. The number of piperidine rings is 1. The molecule has 0 bridgehead atoms. The predicted octanol–water partition coefficient (Wildman–Crippen LogP) is 5.33. The number of hydrogen-bond donors (Lipinski definition) is 0. The average Bonchev–Trinajstić information content (AvgIpc) is 3.41. The van der Waals surface area contributed by atoms with E-state index in [1.807, 2.05) is 13.0 Å². The van der Waals surface area contributed by atoms with Crippen LogP contribution in [-0.2, 0) is 29.5 Å². The van der Waals surface area contributed by atoms with Crippen LogP contribution in [-0.4, -0.2) is 107 Å². The Morgan fingerprint density at radius 2 is 1.78 bits per heavy atom. The number of halogens is 3. The fourth-order valence-corrected chi connectivity index (χ4v) is 9.70. The Bertz CT molecular complexity index is 2090. The summed E-state index contributed by atoms with van der Waals surface area (Å²) >= 11 is 0. The number of aromatic nitrogens is 3. The van der Waals surface area contributed by atoms with Crippen molar-refractivity contribution in [2.75, 3.05) is 57.0 Å². The van der Waals surface area contributed by atoms with Crippen LogP contribution < -0.4 is 4.90 Å². The summed E-state index contributed by atoms with van der Waals surface area (Å²) in [6.45, 7) is 13.0. The van der Waals surface area contributed by atoms with Crippen molar-refractivity contribution < 1.29 is 21.6 Å². The molecule has 0 aliphatic carbocycles. The van der Waals surface area contributed by atoms with Gasteiger partial charge in [-0.2, -0.15) is 22.7 Å². The maximum absolute atomic E-state index is 13.1. The predicted molar refractivity (Wildman–Crippen MR) is 192 cm³/mol. The van der Waals surface area contributed by atoms with Crippen molar-refractivity contribution in [2.45, 2.75) is 71.4 Å². The van der Waals surface area contributed by atoms with E-state index in [1.54, 1.807) is 16.4 Å². The third-order valence-corrected chi connectivity index (χ3v) is 12.8. The highest BCUT2D eigenvalue weighted by molar-refractivity contribution is 7.88. The molecule has 7 rings (SSSR count). The van der Waals surface area contributed by atoms with Crippen LogP contribution in [0, 0.1) is 23.7 Å². The molecular formula is C37H45F3N8O2S. The van der Waals surface area contributed by atoms with E-state index in [1.165, 1.54) is 29.8 Å². The summed E-state index contributed by atoms with van der Waals surface area (Å²) in [6.07, 6.45) is -0.404. The quantitative estimate of drug-likeness (QED) is 0.241. The Labute approximate surface area is 297 Å². The minimum absolute atomic E-state index is 0.104. The molecule has 0 unspecified atom stereocenters. The second kappa shape index (κ2) is 13.3. The van der Waals surface area contributed by atoms with Gasteiger partial charge in [0, 0.05) is 79.6 Å². The van der Waals surface area contributed by atoms with Crippen LogP contribution in [0.1, 0.15) is 49.1 Å². The first-order valence-electron chi connectivity index (χ1n) is 17.6. The molecule has 10 nitrogen and oxygen atoms in total. The van der Waals surface area contributed by atoms with Gasteiger partial charge in [0.2, 0.25) is 10.0 Å². The van der Waals surface area contributed by atoms with Crippen molar-refractivity contribution >= 4 is 37.6 Å². The average molecular weight is 723 g/mol. The summed E-state index contributed by atoms with van der Waals surface area (Å²) in [5.41, 5.74) is 5.13. The van der Waals surface area contributed by atoms with Crippen LogP contribution in [0.3, 0.4) is 0 Å². The molecular weight excluding hydrogens is 678 g/mol. The Balaban J connectivity index is 0.986. The van der Waals surface area contributed by atoms with E-state index in [2.05, 4.69) is 61.3 Å². The Morgan fingerprint density at radius 3 is 2.45 bits per heavy atom. The van der Waals surface area contributed by atoms with Crippen LogP contribution in [0.2, 0.25) is 0 Å². The summed E-state index contributed by atoms with van der Waals surface area (Å²) < 4.78 is 67.2.